The number of aromatic amines is 1. The third kappa shape index (κ3) is 1.74. The summed E-state index contributed by atoms with van der Waals surface area (Å²) < 4.78 is 2.12. The summed E-state index contributed by atoms with van der Waals surface area (Å²) in [4.78, 5) is 24.4. The van der Waals surface area contributed by atoms with E-state index in [4.69, 9.17) is 0 Å². The van der Waals surface area contributed by atoms with E-state index in [-0.39, 0.29) is 17.3 Å². The van der Waals surface area contributed by atoms with Crippen molar-refractivity contribution in [1.29, 1.82) is 0 Å². The number of hydrogen-bond acceptors (Lipinski definition) is 2. The van der Waals surface area contributed by atoms with Crippen LogP contribution in [0.15, 0.2) is 15.8 Å². The summed E-state index contributed by atoms with van der Waals surface area (Å²) in [7, 11) is 0. The predicted octanol–water partition coefficient (Wildman–Crippen LogP) is -0.710. The van der Waals surface area contributed by atoms with Crippen LogP contribution in [0.3, 0.4) is 0 Å². The van der Waals surface area contributed by atoms with E-state index in [0.29, 0.717) is 4.04 Å². The topological polar surface area (TPSA) is 54.9 Å². The van der Waals surface area contributed by atoms with E-state index in [1.807, 2.05) is 13.8 Å². The van der Waals surface area contributed by atoms with Crippen molar-refractivity contribution < 1.29 is 19.2 Å². The zero-order valence-corrected chi connectivity index (χ0v) is 9.51. The van der Waals surface area contributed by atoms with Crippen molar-refractivity contribution in [2.45, 2.75) is 19.9 Å². The van der Waals surface area contributed by atoms with E-state index in [1.54, 1.807) is 6.20 Å². The minimum absolute atomic E-state index is 0.0858. The number of nitrogens with zero attached hydrogens (tertiary/aromatic N) is 1. The molecule has 0 aromatic carbocycles. The molecular weight excluding hydrogens is 330 g/mol. The summed E-state index contributed by atoms with van der Waals surface area (Å²) in [6, 6.07) is 0.0858. The molecule has 0 saturated heterocycles. The molecule has 1 aromatic heterocycles. The second-order valence-electron chi connectivity index (χ2n) is 2.74. The Morgan fingerprint density at radius 3 is 2.58 bits per heavy atom. The molecule has 0 atom stereocenters. The summed E-state index contributed by atoms with van der Waals surface area (Å²) in [6.45, 7) is 3.79. The average Bonchev–Trinajstić information content (AvgIpc) is 1.96. The average molecular weight is 339 g/mol. The van der Waals surface area contributed by atoms with Crippen LogP contribution in [0.5, 0.6) is 0 Å². The molecule has 0 radical (unpaired) electrons. The molecule has 0 aliphatic carbocycles. The molecule has 0 fully saturated rings. The van der Waals surface area contributed by atoms with Gasteiger partial charge >= 0.3 is 79.7 Å². The van der Waals surface area contributed by atoms with Crippen LogP contribution in [-0.4, -0.2) is 9.55 Å². The fourth-order valence-electron chi connectivity index (χ4n) is 0.844. The first-order valence-corrected chi connectivity index (χ1v) is 4.89. The molecule has 0 unspecified atom stereocenters. The molecule has 1 aromatic rings. The van der Waals surface area contributed by atoms with Crippen molar-refractivity contribution in [1.82, 2.24) is 9.55 Å². The Morgan fingerprint density at radius 1 is 1.50 bits per heavy atom. The quantitative estimate of drug-likeness (QED) is 0.735. The zero-order valence-electron chi connectivity index (χ0n) is 6.80. The maximum atomic E-state index is 11.1. The Kier molecular flexibility index (Phi) is 2.66. The molecule has 0 spiro atoms. The molecule has 5 heteroatoms. The number of aromatic nitrogens is 2. The monoisotopic (exact) mass is 340 g/mol. The molecule has 0 amide bonds. The van der Waals surface area contributed by atoms with Crippen LogP contribution in [0.2, 0.25) is 0 Å². The van der Waals surface area contributed by atoms with Gasteiger partial charge in [0.15, 0.2) is 0 Å². The molecule has 0 aliphatic heterocycles. The fourth-order valence-corrected chi connectivity index (χ4v) is 1.39. The zero-order chi connectivity index (χ0) is 9.30. The van der Waals surface area contributed by atoms with Crippen LogP contribution >= 0.6 is 0 Å². The Labute approximate surface area is 80.0 Å². The number of rotatable bonds is 1. The van der Waals surface area contributed by atoms with Crippen LogP contribution in [0.4, 0.5) is 0 Å². The summed E-state index contributed by atoms with van der Waals surface area (Å²) in [5.74, 6) is 0. The van der Waals surface area contributed by atoms with E-state index < -0.39 is 0 Å². The molecule has 0 bridgehead atoms. The Bertz CT molecular complexity index is 391. The first-order valence-electron chi connectivity index (χ1n) is 3.53. The molecular formula is C7H9N2O2Re. The van der Waals surface area contributed by atoms with Crippen molar-refractivity contribution >= 4 is 4.04 Å². The van der Waals surface area contributed by atoms with Crippen LogP contribution in [0, 0.1) is 0 Å². The van der Waals surface area contributed by atoms with Crippen LogP contribution < -0.4 is 15.3 Å². The van der Waals surface area contributed by atoms with E-state index in [0.717, 1.165) is 0 Å². The Balaban J connectivity index is 3.44. The van der Waals surface area contributed by atoms with Gasteiger partial charge in [0.25, 0.3) is 0 Å². The second-order valence-corrected chi connectivity index (χ2v) is 4.20. The van der Waals surface area contributed by atoms with Crippen LogP contribution in [0.25, 0.3) is 0 Å². The van der Waals surface area contributed by atoms with Gasteiger partial charge < -0.3 is 0 Å². The van der Waals surface area contributed by atoms with Crippen molar-refractivity contribution in [3.8, 4) is 0 Å². The van der Waals surface area contributed by atoms with Gasteiger partial charge in [-0.25, -0.2) is 0 Å². The summed E-state index contributed by atoms with van der Waals surface area (Å²) >= 11 is 1.27. The van der Waals surface area contributed by atoms with E-state index in [1.165, 1.54) is 23.8 Å². The molecule has 0 saturated carbocycles. The third-order valence-electron chi connectivity index (χ3n) is 1.48. The number of H-pyrrole nitrogens is 1. The fraction of sp³-hybridized carbons (Fsp3) is 0.429. The van der Waals surface area contributed by atoms with Gasteiger partial charge in [0.05, 0.1) is 0 Å². The molecule has 1 N–H and O–H groups in total. The molecule has 12 heavy (non-hydrogen) atoms. The number of hydrogen-bond donors (Lipinski definition) is 1. The molecule has 0 aliphatic rings. The summed E-state index contributed by atoms with van der Waals surface area (Å²) in [5, 5.41) is 0. The maximum absolute atomic E-state index is 11.1. The van der Waals surface area contributed by atoms with Gasteiger partial charge in [0.2, 0.25) is 0 Å². The first-order chi connectivity index (χ1) is 5.52. The van der Waals surface area contributed by atoms with Gasteiger partial charge in [-0.05, 0) is 0 Å². The normalized spacial score (nSPS) is 10.7. The summed E-state index contributed by atoms with van der Waals surface area (Å²) in [6.07, 6.45) is 1.60. The van der Waals surface area contributed by atoms with Crippen molar-refractivity contribution in [2.24, 2.45) is 0 Å². The van der Waals surface area contributed by atoms with E-state index in [2.05, 4.69) is 4.98 Å². The van der Waals surface area contributed by atoms with Crippen LogP contribution in [0.1, 0.15) is 19.9 Å². The van der Waals surface area contributed by atoms with E-state index in [9.17, 15) is 9.59 Å². The Hall–Kier alpha value is -0.658. The van der Waals surface area contributed by atoms with Crippen molar-refractivity contribution in [3.63, 3.8) is 0 Å². The van der Waals surface area contributed by atoms with Gasteiger partial charge in [0, 0.05) is 0 Å². The summed E-state index contributed by atoms with van der Waals surface area (Å²) in [5.41, 5.74) is -0.622. The minimum atomic E-state index is -0.338. The standard InChI is InChI=1S/C7H9N2O2.Re/c1-5(2)9-4-3-6(10)8-7(9)11;/h4-5H,1-2H3,(H,8,10,11);. The SMILES string of the molecule is CC(C)n1c[c]([Re])c(=O)[nH]c1=O. The van der Waals surface area contributed by atoms with Crippen LogP contribution in [-0.2, 0) is 19.2 Å². The second kappa shape index (κ2) is 3.38. The molecule has 4 nitrogen and oxygen atoms in total. The molecule has 66 valence electrons. The third-order valence-corrected chi connectivity index (χ3v) is 2.45. The predicted molar refractivity (Wildman–Crippen MR) is 41.3 cm³/mol. The van der Waals surface area contributed by atoms with Crippen molar-refractivity contribution in [3.05, 3.63) is 27.0 Å². The molecule has 1 rings (SSSR count). The van der Waals surface area contributed by atoms with Gasteiger partial charge in [-0.3, -0.25) is 0 Å². The number of nitrogens with one attached hydrogen (secondary N) is 1. The van der Waals surface area contributed by atoms with Gasteiger partial charge in [0.1, 0.15) is 0 Å². The van der Waals surface area contributed by atoms with Gasteiger partial charge in [-0.15, -0.1) is 0 Å². The molecule has 1 heterocycles. The van der Waals surface area contributed by atoms with E-state index >= 15 is 0 Å². The van der Waals surface area contributed by atoms with Crippen molar-refractivity contribution in [2.75, 3.05) is 0 Å². The Morgan fingerprint density at radius 2 is 2.08 bits per heavy atom. The first kappa shape index (κ1) is 9.43. The van der Waals surface area contributed by atoms with Gasteiger partial charge in [-0.2, -0.15) is 0 Å². The van der Waals surface area contributed by atoms with Gasteiger partial charge in [-0.1, -0.05) is 0 Å².